The fourth-order valence-corrected chi connectivity index (χ4v) is 2.46. The van der Waals surface area contributed by atoms with Crippen LogP contribution >= 0.6 is 28.1 Å². The first-order chi connectivity index (χ1) is 7.45. The summed E-state index contributed by atoms with van der Waals surface area (Å²) in [7, 11) is 0. The van der Waals surface area contributed by atoms with E-state index in [1.807, 2.05) is 6.07 Å². The molecule has 1 N–H and O–H groups in total. The third-order valence-corrected chi connectivity index (χ3v) is 3.68. The molecule has 0 unspecified atom stereocenters. The van der Waals surface area contributed by atoms with Crippen LogP contribution in [0.3, 0.4) is 0 Å². The van der Waals surface area contributed by atoms with Crippen molar-refractivity contribution in [1.82, 2.24) is 14.5 Å². The van der Waals surface area contributed by atoms with E-state index in [1.165, 1.54) is 0 Å². The van der Waals surface area contributed by atoms with Crippen molar-refractivity contribution in [3.63, 3.8) is 0 Å². The van der Waals surface area contributed by atoms with Crippen LogP contribution < -0.4 is 0 Å². The van der Waals surface area contributed by atoms with Crippen molar-refractivity contribution in [1.29, 1.82) is 0 Å². The predicted octanol–water partition coefficient (Wildman–Crippen LogP) is 4.00. The zero-order valence-electron chi connectivity index (χ0n) is 9.54. The van der Waals surface area contributed by atoms with Crippen LogP contribution in [0.15, 0.2) is 16.7 Å². The zero-order valence-corrected chi connectivity index (χ0v) is 11.9. The summed E-state index contributed by atoms with van der Waals surface area (Å²) in [6.45, 7) is 6.49. The van der Waals surface area contributed by atoms with E-state index in [1.54, 1.807) is 6.20 Å². The summed E-state index contributed by atoms with van der Waals surface area (Å²) in [5.74, 6) is 0. The molecular weight excluding hydrogens is 286 g/mol. The van der Waals surface area contributed by atoms with E-state index < -0.39 is 0 Å². The first-order valence-electron chi connectivity index (χ1n) is 5.22. The Morgan fingerprint density at radius 3 is 2.88 bits per heavy atom. The van der Waals surface area contributed by atoms with Gasteiger partial charge in [-0.2, -0.15) is 0 Å². The first kappa shape index (κ1) is 11.8. The molecule has 0 saturated carbocycles. The van der Waals surface area contributed by atoms with Gasteiger partial charge in [0.2, 0.25) is 0 Å². The average Bonchev–Trinajstić information content (AvgIpc) is 2.53. The molecule has 0 aromatic carbocycles. The van der Waals surface area contributed by atoms with E-state index >= 15 is 0 Å². The lowest BCUT2D eigenvalue weighted by Gasteiger charge is -2.25. The van der Waals surface area contributed by atoms with Gasteiger partial charge < -0.3 is 4.98 Å². The van der Waals surface area contributed by atoms with Crippen molar-refractivity contribution < 1.29 is 0 Å². The minimum atomic E-state index is -0.0177. The number of pyridine rings is 1. The molecule has 0 bridgehead atoms. The van der Waals surface area contributed by atoms with Crippen molar-refractivity contribution >= 4 is 39.3 Å². The Morgan fingerprint density at radius 2 is 2.25 bits per heavy atom. The lowest BCUT2D eigenvalue weighted by atomic mass is 10.0. The number of nitrogens with zero attached hydrogens (tertiary/aromatic N) is 2. The number of hydrogen-bond acceptors (Lipinski definition) is 2. The minimum absolute atomic E-state index is 0.0177. The van der Waals surface area contributed by atoms with Crippen molar-refractivity contribution in [2.45, 2.75) is 32.7 Å². The van der Waals surface area contributed by atoms with Crippen LogP contribution in [0.4, 0.5) is 0 Å². The second kappa shape index (κ2) is 3.96. The van der Waals surface area contributed by atoms with Gasteiger partial charge in [0, 0.05) is 16.2 Å². The molecule has 2 rings (SSSR count). The maximum Gasteiger partial charge on any atom is 0.179 e. The number of imidazole rings is 1. The Bertz CT molecular complexity index is 582. The minimum Gasteiger partial charge on any atom is -0.329 e. The molecule has 5 heteroatoms. The van der Waals surface area contributed by atoms with E-state index in [2.05, 4.69) is 51.2 Å². The maximum absolute atomic E-state index is 5.36. The fraction of sp³-hybridized carbons (Fsp3) is 0.455. The molecule has 2 heterocycles. The number of H-pyrrole nitrogens is 1. The Hall–Kier alpha value is -0.680. The molecule has 86 valence electrons. The zero-order chi connectivity index (χ0) is 11.9. The second-order valence-electron chi connectivity index (χ2n) is 4.46. The molecular formula is C11H14BrN3S. The highest BCUT2D eigenvalue weighted by Gasteiger charge is 2.21. The van der Waals surface area contributed by atoms with Gasteiger partial charge in [-0.1, -0.05) is 6.92 Å². The van der Waals surface area contributed by atoms with Crippen molar-refractivity contribution in [3.8, 4) is 0 Å². The second-order valence-corrected chi connectivity index (χ2v) is 5.76. The Labute approximate surface area is 108 Å². The summed E-state index contributed by atoms with van der Waals surface area (Å²) < 4.78 is 3.77. The van der Waals surface area contributed by atoms with Crippen molar-refractivity contribution in [2.75, 3.05) is 0 Å². The van der Waals surface area contributed by atoms with E-state index in [0.29, 0.717) is 0 Å². The Morgan fingerprint density at radius 1 is 1.56 bits per heavy atom. The summed E-state index contributed by atoms with van der Waals surface area (Å²) in [5.41, 5.74) is 1.87. The molecule has 0 spiro atoms. The molecule has 0 atom stereocenters. The van der Waals surface area contributed by atoms with Gasteiger partial charge in [-0.15, -0.1) is 0 Å². The highest BCUT2D eigenvalue weighted by molar-refractivity contribution is 9.10. The van der Waals surface area contributed by atoms with Gasteiger partial charge in [0.15, 0.2) is 10.4 Å². The van der Waals surface area contributed by atoms with E-state index in [-0.39, 0.29) is 5.54 Å². The lowest BCUT2D eigenvalue weighted by Crippen LogP contribution is -2.25. The summed E-state index contributed by atoms with van der Waals surface area (Å²) in [6, 6.07) is 2.00. The van der Waals surface area contributed by atoms with Crippen molar-refractivity contribution in [2.24, 2.45) is 0 Å². The average molecular weight is 300 g/mol. The molecule has 0 fully saturated rings. The van der Waals surface area contributed by atoms with Crippen LogP contribution in [0.1, 0.15) is 27.2 Å². The summed E-state index contributed by atoms with van der Waals surface area (Å²) in [4.78, 5) is 7.63. The standard InChI is InChI=1S/C11H14BrN3S/c1-4-11(2,3)15-9-8(14-10(15)16)5-7(12)6-13-9/h5-6H,4H2,1-3H3,(H,14,16). The molecule has 2 aromatic heterocycles. The SMILES string of the molecule is CCC(C)(C)n1c(=S)[nH]c2cc(Br)cnc21. The number of rotatable bonds is 2. The third kappa shape index (κ3) is 1.82. The monoisotopic (exact) mass is 299 g/mol. The van der Waals surface area contributed by atoms with Gasteiger partial charge in [0.1, 0.15) is 0 Å². The van der Waals surface area contributed by atoms with Crippen LogP contribution in [0, 0.1) is 4.77 Å². The molecule has 0 aliphatic carbocycles. The molecule has 0 radical (unpaired) electrons. The van der Waals surface area contributed by atoms with Gasteiger partial charge in [0.25, 0.3) is 0 Å². The number of halogens is 1. The van der Waals surface area contributed by atoms with E-state index in [4.69, 9.17) is 12.2 Å². The first-order valence-corrected chi connectivity index (χ1v) is 6.42. The molecule has 0 saturated heterocycles. The Kier molecular flexibility index (Phi) is 2.92. The fourth-order valence-electron chi connectivity index (χ4n) is 1.69. The van der Waals surface area contributed by atoms with Crippen LogP contribution in [0.5, 0.6) is 0 Å². The number of hydrogen-bond donors (Lipinski definition) is 1. The molecule has 2 aromatic rings. The molecule has 16 heavy (non-hydrogen) atoms. The highest BCUT2D eigenvalue weighted by atomic mass is 79.9. The van der Waals surface area contributed by atoms with Gasteiger partial charge in [-0.3, -0.25) is 4.57 Å². The summed E-state index contributed by atoms with van der Waals surface area (Å²) in [6.07, 6.45) is 2.80. The van der Waals surface area contributed by atoms with Crippen LogP contribution in [0.2, 0.25) is 0 Å². The maximum atomic E-state index is 5.36. The quantitative estimate of drug-likeness (QED) is 0.850. The molecule has 0 aliphatic rings. The smallest absolute Gasteiger partial charge is 0.179 e. The normalized spacial score (nSPS) is 12.2. The van der Waals surface area contributed by atoms with Crippen LogP contribution in [-0.4, -0.2) is 14.5 Å². The highest BCUT2D eigenvalue weighted by Crippen LogP contribution is 2.26. The van der Waals surface area contributed by atoms with Gasteiger partial charge >= 0.3 is 0 Å². The van der Waals surface area contributed by atoms with Crippen molar-refractivity contribution in [3.05, 3.63) is 21.5 Å². The molecule has 0 aliphatic heterocycles. The van der Waals surface area contributed by atoms with Gasteiger partial charge in [0.05, 0.1) is 5.52 Å². The topological polar surface area (TPSA) is 33.6 Å². The summed E-state index contributed by atoms with van der Waals surface area (Å²) in [5, 5.41) is 0. The number of aromatic nitrogens is 3. The lowest BCUT2D eigenvalue weighted by molar-refractivity contribution is 0.346. The van der Waals surface area contributed by atoms with E-state index in [9.17, 15) is 0 Å². The largest absolute Gasteiger partial charge is 0.329 e. The van der Waals surface area contributed by atoms with Gasteiger partial charge in [-0.25, -0.2) is 4.98 Å². The van der Waals surface area contributed by atoms with E-state index in [0.717, 1.165) is 26.8 Å². The third-order valence-electron chi connectivity index (χ3n) is 2.96. The number of nitrogens with one attached hydrogen (secondary N) is 1. The molecule has 0 amide bonds. The summed E-state index contributed by atoms with van der Waals surface area (Å²) >= 11 is 8.77. The number of fused-ring (bicyclic) bond motifs is 1. The number of aromatic amines is 1. The van der Waals surface area contributed by atoms with Crippen LogP contribution in [-0.2, 0) is 5.54 Å². The predicted molar refractivity (Wildman–Crippen MR) is 72.2 cm³/mol. The molecule has 3 nitrogen and oxygen atoms in total. The Balaban J connectivity index is 2.80. The van der Waals surface area contributed by atoms with Gasteiger partial charge in [-0.05, 0) is 54.5 Å². The van der Waals surface area contributed by atoms with Crippen LogP contribution in [0.25, 0.3) is 11.2 Å².